The molecule has 2 aliphatic heterocycles. The number of hydrogen-bond donors (Lipinski definition) is 1. The molecular weight excluding hydrogens is 422 g/mol. The Morgan fingerprint density at radius 3 is 2.59 bits per heavy atom. The Labute approximate surface area is 188 Å². The van der Waals surface area contributed by atoms with Crippen LogP contribution in [0.3, 0.4) is 0 Å². The molecule has 7 heteroatoms. The van der Waals surface area contributed by atoms with Gasteiger partial charge in [-0.15, -0.1) is 11.8 Å². The first-order chi connectivity index (χ1) is 15.6. The molecule has 1 aromatic heterocycles. The van der Waals surface area contributed by atoms with E-state index in [1.165, 1.54) is 16.3 Å². The van der Waals surface area contributed by atoms with Crippen LogP contribution in [0, 0.1) is 0 Å². The summed E-state index contributed by atoms with van der Waals surface area (Å²) in [4.78, 5) is 29.2. The van der Waals surface area contributed by atoms with Gasteiger partial charge < -0.3 is 10.0 Å². The van der Waals surface area contributed by atoms with Gasteiger partial charge in [-0.25, -0.2) is 9.36 Å². The van der Waals surface area contributed by atoms with E-state index in [0.717, 1.165) is 15.7 Å². The number of rotatable bonds is 4. The number of thioether (sulfide) groups is 1. The highest BCUT2D eigenvalue weighted by molar-refractivity contribution is 8.00. The molecule has 2 atom stereocenters. The van der Waals surface area contributed by atoms with Gasteiger partial charge in [0.25, 0.3) is 0 Å². The highest BCUT2D eigenvalue weighted by Gasteiger charge is 2.49. The van der Waals surface area contributed by atoms with E-state index in [9.17, 15) is 14.7 Å². The maximum absolute atomic E-state index is 13.4. The Morgan fingerprint density at radius 2 is 1.75 bits per heavy atom. The first-order valence-electron chi connectivity index (χ1n) is 10.6. The van der Waals surface area contributed by atoms with Crippen LogP contribution in [0.1, 0.15) is 24.2 Å². The van der Waals surface area contributed by atoms with Crippen LogP contribution in [0.25, 0.3) is 16.5 Å². The smallest absolute Gasteiger partial charge is 0.336 e. The number of benzene rings is 3. The predicted octanol–water partition coefficient (Wildman–Crippen LogP) is 4.12. The number of carbonyl (C=O) groups excluding carboxylic acids is 1. The summed E-state index contributed by atoms with van der Waals surface area (Å²) in [7, 11) is 0. The Hall–Kier alpha value is -3.45. The highest BCUT2D eigenvalue weighted by atomic mass is 32.2. The van der Waals surface area contributed by atoms with Crippen molar-refractivity contribution in [3.05, 3.63) is 89.0 Å². The molecule has 0 radical (unpaired) electrons. The zero-order chi connectivity index (χ0) is 21.8. The molecule has 2 bridgehead atoms. The van der Waals surface area contributed by atoms with E-state index in [1.54, 1.807) is 4.57 Å². The molecule has 1 N–H and O–H groups in total. The van der Waals surface area contributed by atoms with E-state index in [1.807, 2.05) is 77.7 Å². The number of aromatic nitrogens is 2. The molecule has 3 heterocycles. The van der Waals surface area contributed by atoms with E-state index >= 15 is 0 Å². The second-order valence-electron chi connectivity index (χ2n) is 8.25. The minimum absolute atomic E-state index is 0.0300. The summed E-state index contributed by atoms with van der Waals surface area (Å²) in [6.07, 6.45) is 0.677. The second kappa shape index (κ2) is 7.31. The summed E-state index contributed by atoms with van der Waals surface area (Å²) in [5, 5.41) is 13.1. The number of imidazole rings is 1. The summed E-state index contributed by atoms with van der Waals surface area (Å²) in [5.41, 5.74) is 0.966. The van der Waals surface area contributed by atoms with E-state index in [2.05, 4.69) is 0 Å². The number of fused-ring (bicyclic) bond motifs is 6. The van der Waals surface area contributed by atoms with Crippen molar-refractivity contribution in [3.63, 3.8) is 0 Å². The molecule has 160 valence electrons. The van der Waals surface area contributed by atoms with E-state index in [0.29, 0.717) is 30.1 Å². The monoisotopic (exact) mass is 443 g/mol. The maximum atomic E-state index is 13.4. The van der Waals surface area contributed by atoms with Crippen molar-refractivity contribution in [1.29, 1.82) is 0 Å². The lowest BCUT2D eigenvalue weighted by Crippen LogP contribution is -2.38. The van der Waals surface area contributed by atoms with Crippen molar-refractivity contribution in [1.82, 2.24) is 14.0 Å². The van der Waals surface area contributed by atoms with Gasteiger partial charge in [-0.2, -0.15) is 0 Å². The minimum Gasteiger partial charge on any atom is -0.493 e. The van der Waals surface area contributed by atoms with Gasteiger partial charge in [-0.3, -0.25) is 9.36 Å². The van der Waals surface area contributed by atoms with Crippen LogP contribution in [0.5, 0.6) is 5.88 Å². The molecule has 0 saturated carbocycles. The van der Waals surface area contributed by atoms with E-state index < -0.39 is 0 Å². The van der Waals surface area contributed by atoms with Crippen molar-refractivity contribution < 1.29 is 9.90 Å². The first kappa shape index (κ1) is 19.3. The molecular formula is C25H21N3O3S. The predicted molar refractivity (Wildman–Crippen MR) is 124 cm³/mol. The quantitative estimate of drug-likeness (QED) is 0.482. The number of amides is 1. The lowest BCUT2D eigenvalue weighted by atomic mass is 10.1. The molecule has 4 aromatic rings. The zero-order valence-electron chi connectivity index (χ0n) is 17.2. The Kier molecular flexibility index (Phi) is 4.40. The summed E-state index contributed by atoms with van der Waals surface area (Å²) >= 11 is 1.51. The molecule has 1 fully saturated rings. The molecule has 1 saturated heterocycles. The Balaban J connectivity index is 1.35. The zero-order valence-corrected chi connectivity index (χ0v) is 18.0. The normalized spacial score (nSPS) is 18.9. The van der Waals surface area contributed by atoms with Crippen LogP contribution in [0.15, 0.2) is 82.5 Å². The number of hydrogen-bond acceptors (Lipinski definition) is 4. The van der Waals surface area contributed by atoms with Crippen LogP contribution in [-0.2, 0) is 4.79 Å². The van der Waals surface area contributed by atoms with Crippen molar-refractivity contribution in [2.45, 2.75) is 23.4 Å². The molecule has 6 rings (SSSR count). The molecule has 32 heavy (non-hydrogen) atoms. The number of likely N-dealkylation sites (tertiary alicyclic amines) is 1. The van der Waals surface area contributed by atoms with Crippen molar-refractivity contribution >= 4 is 28.4 Å². The van der Waals surface area contributed by atoms with Crippen LogP contribution in [0.2, 0.25) is 0 Å². The average molecular weight is 444 g/mol. The van der Waals surface area contributed by atoms with Gasteiger partial charge in [0.1, 0.15) is 5.69 Å². The molecule has 0 spiro atoms. The molecule has 3 aromatic carbocycles. The molecule has 1 unspecified atom stereocenters. The Bertz CT molecular complexity index is 1400. The minimum atomic E-state index is -0.271. The standard InChI is InChI=1S/C25H21N3O3S/c29-22(15-32-18-9-2-1-3-10-18)26-14-17-13-21(26)23-24(30)28(25(31)27(17)23)20-12-6-8-16-7-4-5-11-19(16)20/h1-12,17,21,30H,13-15H2/t17-,21?/m1/s1. The van der Waals surface area contributed by atoms with Gasteiger partial charge in [0, 0.05) is 16.8 Å². The van der Waals surface area contributed by atoms with Crippen molar-refractivity contribution in [2.75, 3.05) is 12.3 Å². The highest BCUT2D eigenvalue weighted by Crippen LogP contribution is 2.49. The van der Waals surface area contributed by atoms with Crippen molar-refractivity contribution in [2.24, 2.45) is 0 Å². The van der Waals surface area contributed by atoms with Gasteiger partial charge in [0.2, 0.25) is 11.8 Å². The summed E-state index contributed by atoms with van der Waals surface area (Å²) in [5.74, 6) is 0.303. The fraction of sp³-hybridized carbons (Fsp3) is 0.200. The van der Waals surface area contributed by atoms with Gasteiger partial charge in [0.05, 0.1) is 23.5 Å². The first-order valence-corrected chi connectivity index (χ1v) is 11.6. The topological polar surface area (TPSA) is 67.5 Å². The van der Waals surface area contributed by atoms with Gasteiger partial charge in [0.15, 0.2) is 0 Å². The third-order valence-electron chi connectivity index (χ3n) is 6.49. The largest absolute Gasteiger partial charge is 0.493 e. The molecule has 1 amide bonds. The average Bonchev–Trinajstić information content (AvgIpc) is 3.49. The van der Waals surface area contributed by atoms with E-state index in [-0.39, 0.29) is 29.6 Å². The summed E-state index contributed by atoms with van der Waals surface area (Å²) in [6, 6.07) is 23.0. The Morgan fingerprint density at radius 1 is 1.00 bits per heavy atom. The second-order valence-corrected chi connectivity index (χ2v) is 9.30. The van der Waals surface area contributed by atoms with E-state index in [4.69, 9.17) is 0 Å². The fourth-order valence-electron chi connectivity index (χ4n) is 5.09. The molecule has 6 nitrogen and oxygen atoms in total. The molecule has 0 aliphatic carbocycles. The maximum Gasteiger partial charge on any atom is 0.336 e. The van der Waals surface area contributed by atoms with Crippen molar-refractivity contribution in [3.8, 4) is 11.6 Å². The van der Waals surface area contributed by atoms with Gasteiger partial charge >= 0.3 is 5.69 Å². The van der Waals surface area contributed by atoms with Gasteiger partial charge in [-0.1, -0.05) is 54.6 Å². The molecule has 2 aliphatic rings. The van der Waals surface area contributed by atoms with Gasteiger partial charge in [-0.05, 0) is 30.0 Å². The third-order valence-corrected chi connectivity index (χ3v) is 7.49. The number of aromatic hydroxyl groups is 1. The van der Waals surface area contributed by atoms with Crippen LogP contribution < -0.4 is 5.69 Å². The number of carbonyl (C=O) groups is 1. The van der Waals surface area contributed by atoms with Crippen LogP contribution >= 0.6 is 11.8 Å². The summed E-state index contributed by atoms with van der Waals surface area (Å²) < 4.78 is 3.08. The van der Waals surface area contributed by atoms with Crippen LogP contribution in [-0.4, -0.2) is 37.3 Å². The number of nitrogens with zero attached hydrogens (tertiary/aromatic N) is 3. The van der Waals surface area contributed by atoms with Crippen LogP contribution in [0.4, 0.5) is 0 Å². The lowest BCUT2D eigenvalue weighted by Gasteiger charge is -2.27. The summed E-state index contributed by atoms with van der Waals surface area (Å²) in [6.45, 7) is 0.505. The fourth-order valence-corrected chi connectivity index (χ4v) is 5.89. The SMILES string of the molecule is O=C(CSc1ccccc1)N1C[C@H]2CC1c1c(O)n(-c3cccc4ccccc34)c(=O)n12. The lowest BCUT2D eigenvalue weighted by molar-refractivity contribution is -0.129. The third kappa shape index (κ3) is 2.81.